The summed E-state index contributed by atoms with van der Waals surface area (Å²) >= 11 is 0. The van der Waals surface area contributed by atoms with Crippen molar-refractivity contribution in [2.24, 2.45) is 0 Å². The standard InChI is InChI=1S/C22H16N2/c1-3-9-17(10-4-1)20-13-7-8-14-21(20)19-15-23-22(24-16-19)18-11-5-2-6-12-18/h1-16H. The van der Waals surface area contributed by atoms with Crippen LogP contribution in [0.2, 0.25) is 0 Å². The molecule has 2 nitrogen and oxygen atoms in total. The van der Waals surface area contributed by atoms with E-state index < -0.39 is 0 Å². The van der Waals surface area contributed by atoms with Crippen LogP contribution in [0, 0.1) is 0 Å². The number of benzene rings is 3. The Morgan fingerprint density at radius 2 is 0.875 bits per heavy atom. The van der Waals surface area contributed by atoms with Crippen molar-refractivity contribution in [2.75, 3.05) is 0 Å². The van der Waals surface area contributed by atoms with Crippen LogP contribution < -0.4 is 0 Å². The summed E-state index contributed by atoms with van der Waals surface area (Å²) in [6.45, 7) is 0. The fraction of sp³-hybridized carbons (Fsp3) is 0. The van der Waals surface area contributed by atoms with E-state index in [-0.39, 0.29) is 0 Å². The van der Waals surface area contributed by atoms with E-state index in [4.69, 9.17) is 0 Å². The first-order chi connectivity index (χ1) is 11.9. The van der Waals surface area contributed by atoms with Gasteiger partial charge in [-0.15, -0.1) is 0 Å². The van der Waals surface area contributed by atoms with E-state index in [0.717, 1.165) is 22.5 Å². The van der Waals surface area contributed by atoms with Crippen LogP contribution in [0.25, 0.3) is 33.6 Å². The Morgan fingerprint density at radius 1 is 0.417 bits per heavy atom. The average molecular weight is 308 g/mol. The maximum Gasteiger partial charge on any atom is 0.159 e. The van der Waals surface area contributed by atoms with Crippen LogP contribution in [0.15, 0.2) is 97.3 Å². The quantitative estimate of drug-likeness (QED) is 0.501. The largest absolute Gasteiger partial charge is 0.236 e. The average Bonchev–Trinajstić information content (AvgIpc) is 2.69. The summed E-state index contributed by atoms with van der Waals surface area (Å²) in [7, 11) is 0. The number of rotatable bonds is 3. The number of hydrogen-bond acceptors (Lipinski definition) is 2. The molecule has 0 unspecified atom stereocenters. The van der Waals surface area contributed by atoms with E-state index in [9.17, 15) is 0 Å². The summed E-state index contributed by atoms with van der Waals surface area (Å²) in [5.74, 6) is 0.747. The highest BCUT2D eigenvalue weighted by Crippen LogP contribution is 2.31. The molecule has 0 amide bonds. The Morgan fingerprint density at radius 3 is 1.46 bits per heavy atom. The van der Waals surface area contributed by atoms with Crippen molar-refractivity contribution in [3.8, 4) is 33.6 Å². The summed E-state index contributed by atoms with van der Waals surface area (Å²) in [5, 5.41) is 0. The molecule has 1 aromatic heterocycles. The molecule has 0 bridgehead atoms. The maximum absolute atomic E-state index is 4.55. The maximum atomic E-state index is 4.55. The zero-order valence-electron chi connectivity index (χ0n) is 13.1. The van der Waals surface area contributed by atoms with Crippen molar-refractivity contribution >= 4 is 0 Å². The van der Waals surface area contributed by atoms with Gasteiger partial charge >= 0.3 is 0 Å². The van der Waals surface area contributed by atoms with E-state index >= 15 is 0 Å². The minimum absolute atomic E-state index is 0.747. The third kappa shape index (κ3) is 2.82. The van der Waals surface area contributed by atoms with Gasteiger partial charge in [-0.1, -0.05) is 84.9 Å². The molecule has 4 rings (SSSR count). The van der Waals surface area contributed by atoms with Crippen LogP contribution in [0.3, 0.4) is 0 Å². The summed E-state index contributed by atoms with van der Waals surface area (Å²) in [5.41, 5.74) is 5.58. The highest BCUT2D eigenvalue weighted by atomic mass is 14.9. The molecule has 114 valence electrons. The molecule has 0 radical (unpaired) electrons. The summed E-state index contributed by atoms with van der Waals surface area (Å²) in [6.07, 6.45) is 3.80. The topological polar surface area (TPSA) is 25.8 Å². The molecule has 0 N–H and O–H groups in total. The third-order valence-electron chi connectivity index (χ3n) is 4.01. The lowest BCUT2D eigenvalue weighted by Crippen LogP contribution is -1.91. The van der Waals surface area contributed by atoms with Crippen LogP contribution in [0.1, 0.15) is 0 Å². The van der Waals surface area contributed by atoms with Gasteiger partial charge in [0, 0.05) is 23.5 Å². The summed E-state index contributed by atoms with van der Waals surface area (Å²) in [6, 6.07) is 28.8. The third-order valence-corrected chi connectivity index (χ3v) is 4.01. The van der Waals surface area contributed by atoms with Gasteiger partial charge in [-0.2, -0.15) is 0 Å². The highest BCUT2D eigenvalue weighted by Gasteiger charge is 2.08. The Labute approximate surface area is 141 Å². The van der Waals surface area contributed by atoms with Crippen molar-refractivity contribution in [1.29, 1.82) is 0 Å². The van der Waals surface area contributed by atoms with E-state index in [1.54, 1.807) is 0 Å². The Bertz CT molecular complexity index is 930. The van der Waals surface area contributed by atoms with Crippen LogP contribution in [-0.4, -0.2) is 9.97 Å². The lowest BCUT2D eigenvalue weighted by Gasteiger charge is -2.10. The van der Waals surface area contributed by atoms with Gasteiger partial charge in [0.2, 0.25) is 0 Å². The molecule has 0 aliphatic heterocycles. The lowest BCUT2D eigenvalue weighted by atomic mass is 9.96. The van der Waals surface area contributed by atoms with Gasteiger partial charge in [0.05, 0.1) is 0 Å². The van der Waals surface area contributed by atoms with Crippen LogP contribution in [0.4, 0.5) is 0 Å². The molecule has 0 spiro atoms. The number of nitrogens with zero attached hydrogens (tertiary/aromatic N) is 2. The Hall–Kier alpha value is -3.26. The minimum atomic E-state index is 0.747. The first-order valence-electron chi connectivity index (χ1n) is 7.94. The smallest absolute Gasteiger partial charge is 0.159 e. The second-order valence-corrected chi connectivity index (χ2v) is 5.57. The van der Waals surface area contributed by atoms with Crippen LogP contribution in [0.5, 0.6) is 0 Å². The first kappa shape index (κ1) is 14.3. The number of aromatic nitrogens is 2. The summed E-state index contributed by atoms with van der Waals surface area (Å²) in [4.78, 5) is 9.10. The van der Waals surface area contributed by atoms with Crippen molar-refractivity contribution in [1.82, 2.24) is 9.97 Å². The zero-order chi connectivity index (χ0) is 16.2. The van der Waals surface area contributed by atoms with E-state index in [2.05, 4.69) is 52.4 Å². The van der Waals surface area contributed by atoms with Gasteiger partial charge in [0.15, 0.2) is 5.82 Å². The molecule has 3 aromatic carbocycles. The number of hydrogen-bond donors (Lipinski definition) is 0. The van der Waals surface area contributed by atoms with Gasteiger partial charge in [-0.3, -0.25) is 0 Å². The Kier molecular flexibility index (Phi) is 3.86. The second kappa shape index (κ2) is 6.47. The zero-order valence-corrected chi connectivity index (χ0v) is 13.1. The van der Waals surface area contributed by atoms with E-state index in [1.807, 2.05) is 54.9 Å². The van der Waals surface area contributed by atoms with Crippen molar-refractivity contribution in [3.05, 3.63) is 97.3 Å². The fourth-order valence-electron chi connectivity index (χ4n) is 2.81. The normalized spacial score (nSPS) is 10.5. The summed E-state index contributed by atoms with van der Waals surface area (Å²) < 4.78 is 0. The molecule has 0 fully saturated rings. The molecule has 0 atom stereocenters. The first-order valence-corrected chi connectivity index (χ1v) is 7.94. The van der Waals surface area contributed by atoms with Crippen molar-refractivity contribution < 1.29 is 0 Å². The van der Waals surface area contributed by atoms with Gasteiger partial charge in [0.25, 0.3) is 0 Å². The fourth-order valence-corrected chi connectivity index (χ4v) is 2.81. The van der Waals surface area contributed by atoms with Crippen LogP contribution in [-0.2, 0) is 0 Å². The van der Waals surface area contributed by atoms with Crippen LogP contribution >= 0.6 is 0 Å². The molecular weight excluding hydrogens is 292 g/mol. The molecule has 0 saturated heterocycles. The minimum Gasteiger partial charge on any atom is -0.236 e. The van der Waals surface area contributed by atoms with Gasteiger partial charge in [-0.05, 0) is 16.7 Å². The van der Waals surface area contributed by atoms with Gasteiger partial charge in [0.1, 0.15) is 0 Å². The van der Waals surface area contributed by atoms with Gasteiger partial charge in [-0.25, -0.2) is 9.97 Å². The molecule has 1 heterocycles. The predicted octanol–water partition coefficient (Wildman–Crippen LogP) is 5.48. The van der Waals surface area contributed by atoms with E-state index in [0.29, 0.717) is 0 Å². The molecule has 0 aliphatic carbocycles. The van der Waals surface area contributed by atoms with E-state index in [1.165, 1.54) is 11.1 Å². The lowest BCUT2D eigenvalue weighted by molar-refractivity contribution is 1.18. The molecular formula is C22H16N2. The highest BCUT2D eigenvalue weighted by molar-refractivity contribution is 5.82. The van der Waals surface area contributed by atoms with Crippen molar-refractivity contribution in [2.45, 2.75) is 0 Å². The second-order valence-electron chi connectivity index (χ2n) is 5.57. The SMILES string of the molecule is c1ccc(-c2ncc(-c3ccccc3-c3ccccc3)cn2)cc1. The van der Waals surface area contributed by atoms with Gasteiger partial charge < -0.3 is 0 Å². The molecule has 24 heavy (non-hydrogen) atoms. The molecule has 0 saturated carbocycles. The molecule has 2 heteroatoms. The predicted molar refractivity (Wildman–Crippen MR) is 98.3 cm³/mol. The Balaban J connectivity index is 1.75. The monoisotopic (exact) mass is 308 g/mol. The molecule has 4 aromatic rings. The van der Waals surface area contributed by atoms with Crippen molar-refractivity contribution in [3.63, 3.8) is 0 Å². The molecule has 0 aliphatic rings.